The van der Waals surface area contributed by atoms with E-state index in [9.17, 15) is 4.39 Å². The highest BCUT2D eigenvalue weighted by Gasteiger charge is 2.14. The number of nitrogens with two attached hydrogens (primary N) is 1. The highest BCUT2D eigenvalue weighted by Crippen LogP contribution is 2.35. The Hall–Kier alpha value is -1.45. The number of nitrogens with one attached hydrogen (secondary N) is 1. The summed E-state index contributed by atoms with van der Waals surface area (Å²) >= 11 is 12.2. The number of halogens is 3. The molecule has 0 aliphatic rings. The Morgan fingerprint density at radius 2 is 1.74 bits per heavy atom. The smallest absolute Gasteiger partial charge is 0.128 e. The first-order valence-corrected chi connectivity index (χ1v) is 6.50. The number of benzene rings is 2. The fourth-order valence-corrected chi connectivity index (χ4v) is 2.46. The van der Waals surface area contributed by atoms with E-state index in [1.54, 1.807) is 30.3 Å². The Kier molecular flexibility index (Phi) is 4.17. The third kappa shape index (κ3) is 3.11. The fourth-order valence-electron chi connectivity index (χ4n) is 1.85. The molecule has 0 fully saturated rings. The molecule has 0 saturated carbocycles. The Labute approximate surface area is 121 Å². The summed E-state index contributed by atoms with van der Waals surface area (Å²) in [5.74, 6) is -0.273. The summed E-state index contributed by atoms with van der Waals surface area (Å²) in [7, 11) is 0. The topological polar surface area (TPSA) is 38.0 Å². The number of nitrogen functional groups attached to an aromatic ring is 1. The van der Waals surface area contributed by atoms with Crippen LogP contribution in [0.15, 0.2) is 36.4 Å². The molecule has 0 spiro atoms. The largest absolute Gasteiger partial charge is 0.399 e. The second-order valence-corrected chi connectivity index (χ2v) is 5.06. The molecule has 5 heteroatoms. The van der Waals surface area contributed by atoms with E-state index in [4.69, 9.17) is 28.9 Å². The van der Waals surface area contributed by atoms with Crippen LogP contribution < -0.4 is 11.1 Å². The molecule has 2 aromatic rings. The molecular weight excluding hydrogens is 286 g/mol. The van der Waals surface area contributed by atoms with Crippen LogP contribution in [0.5, 0.6) is 0 Å². The van der Waals surface area contributed by atoms with Gasteiger partial charge in [0.25, 0.3) is 0 Å². The lowest BCUT2D eigenvalue weighted by Crippen LogP contribution is -2.09. The van der Waals surface area contributed by atoms with Gasteiger partial charge < -0.3 is 11.1 Å². The molecule has 1 atom stereocenters. The average molecular weight is 299 g/mol. The molecule has 2 aromatic carbocycles. The summed E-state index contributed by atoms with van der Waals surface area (Å²) < 4.78 is 13.7. The van der Waals surface area contributed by atoms with Crippen molar-refractivity contribution in [1.29, 1.82) is 0 Å². The van der Waals surface area contributed by atoms with Gasteiger partial charge in [-0.1, -0.05) is 41.4 Å². The molecule has 1 unspecified atom stereocenters. The number of rotatable bonds is 3. The molecular formula is C14H13Cl2FN2. The Morgan fingerprint density at radius 3 is 2.32 bits per heavy atom. The van der Waals surface area contributed by atoms with Crippen LogP contribution in [0.1, 0.15) is 18.5 Å². The molecule has 0 bridgehead atoms. The quantitative estimate of drug-likeness (QED) is 0.792. The maximum absolute atomic E-state index is 13.7. The molecule has 0 heterocycles. The predicted octanol–water partition coefficient (Wildman–Crippen LogP) is 4.89. The summed E-state index contributed by atoms with van der Waals surface area (Å²) in [4.78, 5) is 0. The lowest BCUT2D eigenvalue weighted by Gasteiger charge is -2.18. The van der Waals surface area contributed by atoms with Gasteiger partial charge in [0.1, 0.15) is 5.82 Å². The van der Waals surface area contributed by atoms with Crippen LogP contribution in [0.4, 0.5) is 15.8 Å². The highest BCUT2D eigenvalue weighted by atomic mass is 35.5. The van der Waals surface area contributed by atoms with Crippen LogP contribution >= 0.6 is 23.2 Å². The second-order valence-electron chi connectivity index (χ2n) is 4.25. The fraction of sp³-hybridized carbons (Fsp3) is 0.143. The minimum Gasteiger partial charge on any atom is -0.399 e. The molecule has 19 heavy (non-hydrogen) atoms. The van der Waals surface area contributed by atoms with Crippen LogP contribution in [0.25, 0.3) is 0 Å². The maximum atomic E-state index is 13.7. The van der Waals surface area contributed by atoms with Gasteiger partial charge in [0, 0.05) is 11.3 Å². The molecule has 0 aliphatic carbocycles. The average Bonchev–Trinajstić information content (AvgIpc) is 2.34. The number of hydrogen-bond acceptors (Lipinski definition) is 2. The van der Waals surface area contributed by atoms with Crippen molar-refractivity contribution in [3.63, 3.8) is 0 Å². The third-order valence-electron chi connectivity index (χ3n) is 2.80. The van der Waals surface area contributed by atoms with E-state index in [1.807, 2.05) is 6.92 Å². The number of hydrogen-bond donors (Lipinski definition) is 2. The van der Waals surface area contributed by atoms with Gasteiger partial charge in [0.2, 0.25) is 0 Å². The van der Waals surface area contributed by atoms with Gasteiger partial charge in [-0.15, -0.1) is 0 Å². The van der Waals surface area contributed by atoms with E-state index >= 15 is 0 Å². The van der Waals surface area contributed by atoms with Gasteiger partial charge >= 0.3 is 0 Å². The lowest BCUT2D eigenvalue weighted by molar-refractivity contribution is 0.600. The Balaban J connectivity index is 2.29. The summed E-state index contributed by atoms with van der Waals surface area (Å²) in [6.45, 7) is 1.83. The van der Waals surface area contributed by atoms with Crippen LogP contribution in [0.3, 0.4) is 0 Å². The van der Waals surface area contributed by atoms with Crippen molar-refractivity contribution in [1.82, 2.24) is 0 Å². The van der Waals surface area contributed by atoms with Gasteiger partial charge in [-0.3, -0.25) is 0 Å². The zero-order chi connectivity index (χ0) is 14.0. The van der Waals surface area contributed by atoms with Gasteiger partial charge in [-0.05, 0) is 25.1 Å². The molecule has 2 nitrogen and oxygen atoms in total. The van der Waals surface area contributed by atoms with Crippen molar-refractivity contribution < 1.29 is 4.39 Å². The normalized spacial score (nSPS) is 12.2. The molecule has 100 valence electrons. The van der Waals surface area contributed by atoms with E-state index in [0.717, 1.165) is 0 Å². The third-order valence-corrected chi connectivity index (χ3v) is 3.39. The minimum absolute atomic E-state index is 0.264. The second kappa shape index (κ2) is 5.68. The zero-order valence-electron chi connectivity index (χ0n) is 10.3. The monoisotopic (exact) mass is 298 g/mol. The summed E-state index contributed by atoms with van der Waals surface area (Å²) in [6.07, 6.45) is 0. The van der Waals surface area contributed by atoms with E-state index in [-0.39, 0.29) is 11.9 Å². The maximum Gasteiger partial charge on any atom is 0.128 e. The van der Waals surface area contributed by atoms with Crippen LogP contribution in [0.2, 0.25) is 10.0 Å². The van der Waals surface area contributed by atoms with Crippen molar-refractivity contribution in [2.24, 2.45) is 0 Å². The molecule has 0 amide bonds. The van der Waals surface area contributed by atoms with Crippen LogP contribution in [-0.2, 0) is 0 Å². The Bertz CT molecular complexity index is 579. The zero-order valence-corrected chi connectivity index (χ0v) is 11.8. The van der Waals surface area contributed by atoms with Crippen molar-refractivity contribution in [3.05, 3.63) is 57.8 Å². The first-order chi connectivity index (χ1) is 8.99. The van der Waals surface area contributed by atoms with E-state index in [1.165, 1.54) is 6.07 Å². The highest BCUT2D eigenvalue weighted by molar-refractivity contribution is 6.39. The predicted molar refractivity (Wildman–Crippen MR) is 79.3 cm³/mol. The minimum atomic E-state index is -0.273. The van der Waals surface area contributed by atoms with Crippen LogP contribution in [-0.4, -0.2) is 0 Å². The number of anilines is 2. The van der Waals surface area contributed by atoms with Crippen LogP contribution in [0, 0.1) is 5.82 Å². The van der Waals surface area contributed by atoms with Gasteiger partial charge in [-0.25, -0.2) is 4.39 Å². The molecule has 3 N–H and O–H groups in total. The van der Waals surface area contributed by atoms with E-state index in [2.05, 4.69) is 5.32 Å². The molecule has 0 aromatic heterocycles. The lowest BCUT2D eigenvalue weighted by atomic mass is 10.1. The molecule has 2 rings (SSSR count). The van der Waals surface area contributed by atoms with Gasteiger partial charge in [0.15, 0.2) is 0 Å². The summed E-state index contributed by atoms with van der Waals surface area (Å²) in [6, 6.07) is 9.50. The van der Waals surface area contributed by atoms with Crippen molar-refractivity contribution in [3.8, 4) is 0 Å². The summed E-state index contributed by atoms with van der Waals surface area (Å²) in [5.41, 5.74) is 7.22. The Morgan fingerprint density at radius 1 is 1.16 bits per heavy atom. The molecule has 0 aliphatic heterocycles. The summed E-state index contributed by atoms with van der Waals surface area (Å²) in [5, 5.41) is 3.92. The van der Waals surface area contributed by atoms with Crippen molar-refractivity contribution >= 4 is 34.6 Å². The SMILES string of the molecule is CC(Nc1c(Cl)cc(N)cc1Cl)c1ccccc1F. The van der Waals surface area contributed by atoms with Gasteiger partial charge in [-0.2, -0.15) is 0 Å². The molecule has 0 saturated heterocycles. The van der Waals surface area contributed by atoms with Gasteiger partial charge in [0.05, 0.1) is 21.8 Å². The molecule has 0 radical (unpaired) electrons. The van der Waals surface area contributed by atoms with Crippen molar-refractivity contribution in [2.45, 2.75) is 13.0 Å². The van der Waals surface area contributed by atoms with E-state index in [0.29, 0.717) is 27.0 Å². The first kappa shape index (κ1) is 14.0. The first-order valence-electron chi connectivity index (χ1n) is 5.74. The standard InChI is InChI=1S/C14H13Cl2FN2/c1-8(10-4-2-3-5-13(10)17)19-14-11(15)6-9(18)7-12(14)16/h2-8,19H,18H2,1H3. The van der Waals surface area contributed by atoms with E-state index < -0.39 is 0 Å². The van der Waals surface area contributed by atoms with Crippen molar-refractivity contribution in [2.75, 3.05) is 11.1 Å².